The number of Topliss-reactive ketones (excluding diaryl/α,β-unsaturated/α-hetero) is 1. The number of ketones is 1. The number of nitrogens with zero attached hydrogens (tertiary/aromatic N) is 1. The third-order valence-electron chi connectivity index (χ3n) is 6.88. The van der Waals surface area contributed by atoms with E-state index >= 15 is 0 Å². The van der Waals surface area contributed by atoms with Crippen LogP contribution in [-0.4, -0.2) is 77.8 Å². The maximum absolute atomic E-state index is 13.3. The number of fused-ring (bicyclic) bond motifs is 1. The van der Waals surface area contributed by atoms with Crippen LogP contribution in [-0.2, 0) is 23.9 Å². The van der Waals surface area contributed by atoms with Crippen LogP contribution in [0.4, 0.5) is 13.2 Å². The van der Waals surface area contributed by atoms with Crippen molar-refractivity contribution < 1.29 is 42.2 Å². The van der Waals surface area contributed by atoms with Gasteiger partial charge in [0.25, 0.3) is 5.91 Å². The number of carbonyl (C=O) groups excluding carboxylic acids is 4. The van der Waals surface area contributed by atoms with Crippen molar-refractivity contribution in [2.24, 2.45) is 17.8 Å². The van der Waals surface area contributed by atoms with Gasteiger partial charge in [-0.05, 0) is 43.9 Å². The van der Waals surface area contributed by atoms with Gasteiger partial charge in [-0.25, -0.2) is 0 Å². The number of carbonyl (C=O) groups is 4. The van der Waals surface area contributed by atoms with Crippen LogP contribution in [0, 0.1) is 17.8 Å². The molecular weight excluding hydrogens is 447 g/mol. The maximum Gasteiger partial charge on any atom is 0.522 e. The molecule has 0 aromatic rings. The van der Waals surface area contributed by atoms with Crippen molar-refractivity contribution in [1.82, 2.24) is 15.5 Å². The van der Waals surface area contributed by atoms with Gasteiger partial charge in [-0.3, -0.25) is 23.9 Å². The predicted molar refractivity (Wildman–Crippen MR) is 107 cm³/mol. The van der Waals surface area contributed by atoms with Crippen LogP contribution >= 0.6 is 0 Å². The summed E-state index contributed by atoms with van der Waals surface area (Å²) in [5.41, 5.74) is 0. The molecule has 3 fully saturated rings. The molecule has 0 bridgehead atoms. The standard InChI is InChI=1S/C21H30F3N3O6/c1-2-15(28)20(32)27-9-12-4-3-5-13(12)17(27)19(31)26-14(8-11-6-7-25-18(11)30)16(29)10-33-21(22,23)24/h11-15,17,28H,2-10H2,1H3,(H,25,30)(H,26,31)/t11-,12-,13-,14?,15?,17-/m0/s1. The minimum Gasteiger partial charge on any atom is -0.383 e. The van der Waals surface area contributed by atoms with E-state index in [-0.39, 0.29) is 30.6 Å². The Labute approximate surface area is 189 Å². The normalized spacial score (nSPS) is 28.9. The zero-order chi connectivity index (χ0) is 24.3. The molecule has 2 aliphatic heterocycles. The average Bonchev–Trinajstić information content (AvgIpc) is 3.45. The van der Waals surface area contributed by atoms with Gasteiger partial charge < -0.3 is 20.6 Å². The van der Waals surface area contributed by atoms with E-state index in [1.54, 1.807) is 6.92 Å². The summed E-state index contributed by atoms with van der Waals surface area (Å²) in [5.74, 6) is -3.29. The maximum atomic E-state index is 13.3. The SMILES string of the molecule is CCC(O)C(=O)N1C[C@@H]2CCC[C@@H]2[C@H]1C(=O)NC(C[C@@H]1CCNC1=O)C(=O)COC(F)(F)F. The molecule has 1 aliphatic carbocycles. The topological polar surface area (TPSA) is 125 Å². The summed E-state index contributed by atoms with van der Waals surface area (Å²) < 4.78 is 41.0. The fraction of sp³-hybridized carbons (Fsp3) is 0.810. The van der Waals surface area contributed by atoms with Crippen molar-refractivity contribution in [3.63, 3.8) is 0 Å². The number of nitrogens with one attached hydrogen (secondary N) is 2. The summed E-state index contributed by atoms with van der Waals surface area (Å²) in [6, 6.07) is -2.30. The van der Waals surface area contributed by atoms with Crippen LogP contribution in [0.2, 0.25) is 0 Å². The lowest BCUT2D eigenvalue weighted by atomic mass is 9.92. The molecule has 0 aromatic heterocycles. The van der Waals surface area contributed by atoms with Crippen LogP contribution in [0.15, 0.2) is 0 Å². The monoisotopic (exact) mass is 477 g/mol. The van der Waals surface area contributed by atoms with Crippen molar-refractivity contribution in [3.8, 4) is 0 Å². The van der Waals surface area contributed by atoms with Crippen molar-refractivity contribution >= 4 is 23.5 Å². The smallest absolute Gasteiger partial charge is 0.383 e. The van der Waals surface area contributed by atoms with E-state index in [2.05, 4.69) is 15.4 Å². The first kappa shape index (κ1) is 25.4. The summed E-state index contributed by atoms with van der Waals surface area (Å²) in [6.45, 7) is 1.02. The quantitative estimate of drug-likeness (QED) is 0.444. The number of halogens is 3. The third kappa shape index (κ3) is 6.03. The van der Waals surface area contributed by atoms with Crippen molar-refractivity contribution in [2.45, 2.75) is 70.0 Å². The molecule has 12 heteroatoms. The third-order valence-corrected chi connectivity index (χ3v) is 6.88. The lowest BCUT2D eigenvalue weighted by Crippen LogP contribution is -2.55. The van der Waals surface area contributed by atoms with Crippen LogP contribution < -0.4 is 10.6 Å². The Kier molecular flexibility index (Phi) is 7.99. The number of rotatable bonds is 9. The van der Waals surface area contributed by atoms with E-state index in [0.717, 1.165) is 12.8 Å². The Hall–Kier alpha value is -2.21. The number of aliphatic hydroxyl groups is 1. The molecule has 2 heterocycles. The lowest BCUT2D eigenvalue weighted by Gasteiger charge is -2.30. The van der Waals surface area contributed by atoms with Gasteiger partial charge in [0.1, 0.15) is 18.8 Å². The van der Waals surface area contributed by atoms with E-state index in [9.17, 15) is 37.5 Å². The fourth-order valence-electron chi connectivity index (χ4n) is 5.17. The molecule has 0 radical (unpaired) electrons. The molecule has 1 saturated carbocycles. The molecule has 186 valence electrons. The van der Waals surface area contributed by atoms with Crippen LogP contribution in [0.25, 0.3) is 0 Å². The van der Waals surface area contributed by atoms with Gasteiger partial charge in [0.05, 0.1) is 6.04 Å². The zero-order valence-electron chi connectivity index (χ0n) is 18.4. The van der Waals surface area contributed by atoms with E-state index < -0.39 is 54.7 Å². The molecule has 9 nitrogen and oxygen atoms in total. The minimum absolute atomic E-state index is 0.0806. The zero-order valence-corrected chi connectivity index (χ0v) is 18.4. The van der Waals surface area contributed by atoms with Gasteiger partial charge in [-0.2, -0.15) is 0 Å². The molecule has 0 aromatic carbocycles. The predicted octanol–water partition coefficient (Wildman–Crippen LogP) is 0.501. The number of amides is 3. The minimum atomic E-state index is -5.02. The summed E-state index contributed by atoms with van der Waals surface area (Å²) in [7, 11) is 0. The second kappa shape index (κ2) is 10.4. The summed E-state index contributed by atoms with van der Waals surface area (Å²) in [4.78, 5) is 51.8. The first-order valence-electron chi connectivity index (χ1n) is 11.3. The van der Waals surface area contributed by atoms with Crippen LogP contribution in [0.5, 0.6) is 0 Å². The van der Waals surface area contributed by atoms with Crippen LogP contribution in [0.3, 0.4) is 0 Å². The highest BCUT2D eigenvalue weighted by atomic mass is 19.4. The summed E-state index contributed by atoms with van der Waals surface area (Å²) in [5, 5.41) is 15.1. The van der Waals surface area contributed by atoms with Gasteiger partial charge >= 0.3 is 6.36 Å². The highest BCUT2D eigenvalue weighted by Crippen LogP contribution is 2.42. The Bertz CT molecular complexity index is 777. The van der Waals surface area contributed by atoms with Crippen molar-refractivity contribution in [2.75, 3.05) is 19.7 Å². The Morgan fingerprint density at radius 2 is 2.00 bits per heavy atom. The van der Waals surface area contributed by atoms with Gasteiger partial charge in [-0.1, -0.05) is 13.3 Å². The van der Waals surface area contributed by atoms with E-state index in [0.29, 0.717) is 25.9 Å². The second-order valence-corrected chi connectivity index (χ2v) is 8.99. The van der Waals surface area contributed by atoms with Crippen LogP contribution in [0.1, 0.15) is 45.4 Å². The number of hydrogen-bond acceptors (Lipinski definition) is 6. The molecule has 3 aliphatic rings. The van der Waals surface area contributed by atoms with Crippen molar-refractivity contribution in [3.05, 3.63) is 0 Å². The number of alkyl halides is 3. The molecule has 3 amide bonds. The van der Waals surface area contributed by atoms with E-state index in [1.165, 1.54) is 4.90 Å². The highest BCUT2D eigenvalue weighted by Gasteiger charge is 2.50. The average molecular weight is 477 g/mol. The number of ether oxygens (including phenoxy) is 1. The summed E-state index contributed by atoms with van der Waals surface area (Å²) in [6.07, 6.45) is -3.49. The first-order valence-corrected chi connectivity index (χ1v) is 11.3. The number of aliphatic hydroxyl groups excluding tert-OH is 1. The first-order chi connectivity index (χ1) is 15.5. The van der Waals surface area contributed by atoms with E-state index in [4.69, 9.17) is 0 Å². The molecule has 2 unspecified atom stereocenters. The molecule has 3 N–H and O–H groups in total. The lowest BCUT2D eigenvalue weighted by molar-refractivity contribution is -0.321. The van der Waals surface area contributed by atoms with Crippen molar-refractivity contribution in [1.29, 1.82) is 0 Å². The highest BCUT2D eigenvalue weighted by molar-refractivity contribution is 5.95. The Balaban J connectivity index is 1.77. The molecule has 2 saturated heterocycles. The Morgan fingerprint density at radius 1 is 1.27 bits per heavy atom. The van der Waals surface area contributed by atoms with Gasteiger partial charge in [0.2, 0.25) is 11.8 Å². The van der Waals surface area contributed by atoms with Gasteiger partial charge in [0.15, 0.2) is 5.78 Å². The fourth-order valence-corrected chi connectivity index (χ4v) is 5.17. The molecule has 3 rings (SSSR count). The Morgan fingerprint density at radius 3 is 2.61 bits per heavy atom. The van der Waals surface area contributed by atoms with Gasteiger partial charge in [-0.15, -0.1) is 13.2 Å². The second-order valence-electron chi connectivity index (χ2n) is 8.99. The van der Waals surface area contributed by atoms with E-state index in [1.807, 2.05) is 0 Å². The molecule has 33 heavy (non-hydrogen) atoms. The molecule has 6 atom stereocenters. The largest absolute Gasteiger partial charge is 0.522 e. The molecule has 0 spiro atoms. The van der Waals surface area contributed by atoms with Gasteiger partial charge in [0, 0.05) is 19.0 Å². The summed E-state index contributed by atoms with van der Waals surface area (Å²) >= 11 is 0. The number of hydrogen-bond donors (Lipinski definition) is 3. The molecular formula is C21H30F3N3O6. The number of likely N-dealkylation sites (tertiary alicyclic amines) is 1.